The molecule has 6 heterocycles. The van der Waals surface area contributed by atoms with Gasteiger partial charge in [0.2, 0.25) is 11.8 Å². The molecule has 4 aliphatic heterocycles. The van der Waals surface area contributed by atoms with Gasteiger partial charge in [-0.15, -0.1) is 0 Å². The fraction of sp³-hybridized carbons (Fsp3) is 0.317. The van der Waals surface area contributed by atoms with Gasteiger partial charge in [0, 0.05) is 61.7 Å². The number of carbonyl (C=O) groups excluding carboxylic acids is 3. The molecule has 3 N–H and O–H groups in total. The smallest absolute Gasteiger partial charge is 0.259 e. The highest BCUT2D eigenvalue weighted by Gasteiger charge is 2.42. The maximum Gasteiger partial charge on any atom is 0.259 e. The van der Waals surface area contributed by atoms with Crippen LogP contribution in [0.25, 0.3) is 28.0 Å². The molecule has 0 radical (unpaired) electrons. The van der Waals surface area contributed by atoms with E-state index in [0.717, 1.165) is 97.0 Å². The van der Waals surface area contributed by atoms with E-state index in [1.165, 1.54) is 11.2 Å². The topological polar surface area (TPSA) is 152 Å². The summed E-state index contributed by atoms with van der Waals surface area (Å²) >= 11 is 0. The highest BCUT2D eigenvalue weighted by molar-refractivity contribution is 6.13. The minimum Gasteiger partial charge on any atom is -0.457 e. The zero-order valence-corrected chi connectivity index (χ0v) is 29.9. The molecule has 3 fully saturated rings. The van der Waals surface area contributed by atoms with Crippen molar-refractivity contribution in [3.05, 3.63) is 96.8 Å². The lowest BCUT2D eigenvalue weighted by molar-refractivity contribution is -0.136. The van der Waals surface area contributed by atoms with Gasteiger partial charge in [0.25, 0.3) is 5.91 Å². The number of nitrogens with zero attached hydrogens (tertiary/aromatic N) is 7. The van der Waals surface area contributed by atoms with Crippen LogP contribution in [0.1, 0.15) is 54.1 Å². The molecule has 3 saturated heterocycles. The van der Waals surface area contributed by atoms with E-state index in [9.17, 15) is 14.4 Å². The molecule has 3 amide bonds. The Labute approximate surface area is 312 Å². The number of hydrogen-bond acceptors (Lipinski definition) is 10. The molecule has 54 heavy (non-hydrogen) atoms. The largest absolute Gasteiger partial charge is 0.457 e. The van der Waals surface area contributed by atoms with Crippen molar-refractivity contribution >= 4 is 46.0 Å². The van der Waals surface area contributed by atoms with Crippen LogP contribution < -0.4 is 20.7 Å². The number of nitrogen functional groups attached to an aromatic ring is 1. The van der Waals surface area contributed by atoms with Crippen LogP contribution in [0.4, 0.5) is 11.5 Å². The van der Waals surface area contributed by atoms with Gasteiger partial charge in [-0.25, -0.2) is 14.6 Å². The van der Waals surface area contributed by atoms with Crippen LogP contribution in [0.3, 0.4) is 0 Å². The summed E-state index contributed by atoms with van der Waals surface area (Å²) in [4.78, 5) is 53.1. The molecule has 2 unspecified atom stereocenters. The van der Waals surface area contributed by atoms with E-state index >= 15 is 0 Å². The lowest BCUT2D eigenvalue weighted by atomic mass is 10.0. The average molecular weight is 724 g/mol. The summed E-state index contributed by atoms with van der Waals surface area (Å²) in [5.74, 6) is 1.44. The zero-order valence-electron chi connectivity index (χ0n) is 29.9. The Hall–Kier alpha value is -6.08. The number of nitrogens with one attached hydrogen (secondary N) is 1. The van der Waals surface area contributed by atoms with E-state index in [2.05, 4.69) is 36.3 Å². The normalized spacial score (nSPS) is 20.9. The molecule has 3 aromatic carbocycles. The van der Waals surface area contributed by atoms with Crippen molar-refractivity contribution in [2.24, 2.45) is 5.92 Å². The molecule has 2 aromatic heterocycles. The average Bonchev–Trinajstić information content (AvgIpc) is 3.88. The molecular formula is C41H41N9O4. The van der Waals surface area contributed by atoms with Gasteiger partial charge in [0.1, 0.15) is 35.4 Å². The monoisotopic (exact) mass is 723 g/mol. The Kier molecular flexibility index (Phi) is 8.57. The maximum atomic E-state index is 13.5. The van der Waals surface area contributed by atoms with Gasteiger partial charge in [-0.2, -0.15) is 5.10 Å². The lowest BCUT2D eigenvalue weighted by Crippen LogP contribution is -2.52. The van der Waals surface area contributed by atoms with Gasteiger partial charge in [0.15, 0.2) is 5.65 Å². The number of carbonyl (C=O) groups is 3. The lowest BCUT2D eigenvalue weighted by Gasteiger charge is -2.33. The van der Waals surface area contributed by atoms with Crippen molar-refractivity contribution in [3.63, 3.8) is 0 Å². The van der Waals surface area contributed by atoms with Crippen LogP contribution in [0.5, 0.6) is 11.5 Å². The zero-order chi connectivity index (χ0) is 36.9. The Morgan fingerprint density at radius 3 is 2.43 bits per heavy atom. The van der Waals surface area contributed by atoms with Gasteiger partial charge in [-0.3, -0.25) is 24.6 Å². The van der Waals surface area contributed by atoms with Crippen molar-refractivity contribution in [2.45, 2.75) is 44.2 Å². The van der Waals surface area contributed by atoms with Gasteiger partial charge in [0.05, 0.1) is 17.0 Å². The second kappa shape index (κ2) is 13.7. The second-order valence-electron chi connectivity index (χ2n) is 14.6. The number of imide groups is 1. The molecule has 9 rings (SSSR count). The number of nitrogens with two attached hydrogens (primary N) is 1. The second-order valence-corrected chi connectivity index (χ2v) is 14.6. The molecule has 0 bridgehead atoms. The number of benzene rings is 3. The van der Waals surface area contributed by atoms with Crippen LogP contribution in [0, 0.1) is 5.92 Å². The van der Waals surface area contributed by atoms with Crippen molar-refractivity contribution < 1.29 is 19.1 Å². The van der Waals surface area contributed by atoms with Crippen LogP contribution in [0.2, 0.25) is 0 Å². The SMILES string of the molecule is C=C1c2ccc(N3CCC(CN4CCC(n5nc(-c6ccc(Oc7ccccc7)cc6)c6c(N)ncnc65)CC4)C3)cc2C(=O)N1C1CCC(=O)NC1=O. The molecule has 5 aromatic rings. The van der Waals surface area contributed by atoms with Crippen molar-refractivity contribution in [3.8, 4) is 22.8 Å². The third-order valence-corrected chi connectivity index (χ3v) is 11.3. The molecule has 274 valence electrons. The molecular weight excluding hydrogens is 683 g/mol. The van der Waals surface area contributed by atoms with Crippen molar-refractivity contribution in [1.82, 2.24) is 34.9 Å². The number of rotatable bonds is 8. The molecule has 0 aliphatic carbocycles. The number of likely N-dealkylation sites (tertiary alicyclic amines) is 1. The van der Waals surface area contributed by atoms with Crippen LogP contribution in [0.15, 0.2) is 85.7 Å². The Bertz CT molecular complexity index is 2280. The summed E-state index contributed by atoms with van der Waals surface area (Å²) in [5, 5.41) is 8.23. The van der Waals surface area contributed by atoms with Crippen molar-refractivity contribution in [2.75, 3.05) is 43.4 Å². The van der Waals surface area contributed by atoms with E-state index in [1.54, 1.807) is 0 Å². The third kappa shape index (κ3) is 6.13. The number of hydrogen-bond donors (Lipinski definition) is 2. The highest BCUT2D eigenvalue weighted by atomic mass is 16.5. The highest BCUT2D eigenvalue weighted by Crippen LogP contribution is 2.39. The molecule has 0 saturated carbocycles. The van der Waals surface area contributed by atoms with E-state index < -0.39 is 11.9 Å². The van der Waals surface area contributed by atoms with Gasteiger partial charge in [-0.1, -0.05) is 30.8 Å². The predicted octanol–water partition coefficient (Wildman–Crippen LogP) is 5.26. The Balaban J connectivity index is 0.835. The van der Waals surface area contributed by atoms with E-state index in [4.69, 9.17) is 15.6 Å². The van der Waals surface area contributed by atoms with E-state index in [1.807, 2.05) is 72.8 Å². The molecule has 13 nitrogen and oxygen atoms in total. The predicted molar refractivity (Wildman–Crippen MR) is 205 cm³/mol. The maximum absolute atomic E-state index is 13.5. The molecule has 0 spiro atoms. The first-order valence-corrected chi connectivity index (χ1v) is 18.6. The number of amides is 3. The van der Waals surface area contributed by atoms with E-state index in [0.29, 0.717) is 29.4 Å². The van der Waals surface area contributed by atoms with Gasteiger partial charge < -0.3 is 20.3 Å². The first-order valence-electron chi connectivity index (χ1n) is 18.6. The third-order valence-electron chi connectivity index (χ3n) is 11.3. The summed E-state index contributed by atoms with van der Waals surface area (Å²) < 4.78 is 8.05. The number of anilines is 2. The molecule has 13 heteroatoms. The minimum atomic E-state index is -0.724. The summed E-state index contributed by atoms with van der Waals surface area (Å²) in [5.41, 5.74) is 11.7. The Morgan fingerprint density at radius 1 is 0.870 bits per heavy atom. The first kappa shape index (κ1) is 33.7. The summed E-state index contributed by atoms with van der Waals surface area (Å²) in [6.07, 6.45) is 4.97. The quantitative estimate of drug-likeness (QED) is 0.203. The van der Waals surface area contributed by atoms with Gasteiger partial charge in [-0.05, 0) is 80.1 Å². The van der Waals surface area contributed by atoms with Crippen molar-refractivity contribution in [1.29, 1.82) is 0 Å². The van der Waals surface area contributed by atoms with Gasteiger partial charge >= 0.3 is 0 Å². The summed E-state index contributed by atoms with van der Waals surface area (Å²) in [7, 11) is 0. The van der Waals surface area contributed by atoms with E-state index in [-0.39, 0.29) is 24.3 Å². The standard InChI is InChI=1S/C41H41N9O4/c1-25-32-12-9-29(21-33(32)41(53)49(25)34-13-14-35(51)45-40(34)52)48-20-15-26(23-48)22-47-18-16-28(17-19-47)50-39-36(38(42)43-24-44-39)37(46-50)27-7-10-31(11-8-27)54-30-5-3-2-4-6-30/h2-12,21,24,26,28,34H,1,13-20,22-23H2,(H2,42,43,44)(H,45,51,52). The first-order chi connectivity index (χ1) is 26.3. The number of para-hydroxylation sites is 1. The fourth-order valence-corrected chi connectivity index (χ4v) is 8.48. The summed E-state index contributed by atoms with van der Waals surface area (Å²) in [6.45, 7) is 8.86. The van der Waals surface area contributed by atoms with Crippen LogP contribution in [-0.2, 0) is 9.59 Å². The number of piperidine rings is 2. The number of aromatic nitrogens is 4. The fourth-order valence-electron chi connectivity index (χ4n) is 8.48. The minimum absolute atomic E-state index is 0.186. The Morgan fingerprint density at radius 2 is 1.65 bits per heavy atom. The molecule has 4 aliphatic rings. The summed E-state index contributed by atoms with van der Waals surface area (Å²) in [6, 6.07) is 23.0. The van der Waals surface area contributed by atoms with Crippen LogP contribution in [-0.4, -0.2) is 86.0 Å². The number of fused-ring (bicyclic) bond motifs is 2. The number of ether oxygens (including phenoxy) is 1. The van der Waals surface area contributed by atoms with Crippen LogP contribution >= 0.6 is 0 Å². The molecule has 2 atom stereocenters.